The molecule has 0 amide bonds. The molecule has 0 aliphatic rings. The van der Waals surface area contributed by atoms with E-state index in [0.717, 1.165) is 0 Å². The molecule has 0 aliphatic heterocycles. The summed E-state index contributed by atoms with van der Waals surface area (Å²) in [5.74, 6) is 0.660. The van der Waals surface area contributed by atoms with Gasteiger partial charge < -0.3 is 4.42 Å². The van der Waals surface area contributed by atoms with Crippen molar-refractivity contribution < 1.29 is 12.8 Å². The van der Waals surface area contributed by atoms with E-state index in [4.69, 9.17) is 4.42 Å². The van der Waals surface area contributed by atoms with E-state index in [1.807, 2.05) is 6.07 Å². The molecule has 0 bridgehead atoms. The van der Waals surface area contributed by atoms with Crippen LogP contribution >= 0.6 is 0 Å². The Kier molecular flexibility index (Phi) is 4.45. The quantitative estimate of drug-likeness (QED) is 0.738. The molecule has 1 aromatic carbocycles. The number of nitrogens with zero attached hydrogens (tertiary/aromatic N) is 3. The number of hydrogen-bond acceptors (Lipinski definition) is 6. The fourth-order valence-corrected chi connectivity index (χ4v) is 2.98. The molecule has 2 heterocycles. The van der Waals surface area contributed by atoms with Gasteiger partial charge in [0.2, 0.25) is 15.9 Å². The monoisotopic (exact) mass is 330 g/mol. The molecule has 0 unspecified atom stereocenters. The summed E-state index contributed by atoms with van der Waals surface area (Å²) in [6.45, 7) is 0.168. The van der Waals surface area contributed by atoms with Gasteiger partial charge in [0.1, 0.15) is 5.69 Å². The maximum atomic E-state index is 12.1. The Morgan fingerprint density at radius 1 is 1.00 bits per heavy atom. The SMILES string of the molecule is O=S(=O)(NCCc1nnc(-c2ccccn2)o1)c1ccccc1. The molecule has 0 saturated carbocycles. The van der Waals surface area contributed by atoms with Crippen LogP contribution in [0.3, 0.4) is 0 Å². The fraction of sp³-hybridized carbons (Fsp3) is 0.133. The van der Waals surface area contributed by atoms with Gasteiger partial charge in [-0.3, -0.25) is 4.98 Å². The van der Waals surface area contributed by atoms with Gasteiger partial charge in [-0.1, -0.05) is 24.3 Å². The van der Waals surface area contributed by atoms with Crippen molar-refractivity contribution in [3.05, 3.63) is 60.6 Å². The van der Waals surface area contributed by atoms with E-state index < -0.39 is 10.0 Å². The lowest BCUT2D eigenvalue weighted by molar-refractivity contribution is 0.500. The zero-order chi connectivity index (χ0) is 16.1. The van der Waals surface area contributed by atoms with Gasteiger partial charge >= 0.3 is 0 Å². The minimum Gasteiger partial charge on any atom is -0.419 e. The van der Waals surface area contributed by atoms with Crippen LogP contribution in [-0.4, -0.2) is 30.1 Å². The van der Waals surface area contributed by atoms with Crippen molar-refractivity contribution in [1.82, 2.24) is 19.9 Å². The van der Waals surface area contributed by atoms with Crippen LogP contribution in [0.4, 0.5) is 0 Å². The van der Waals surface area contributed by atoms with Crippen molar-refractivity contribution in [3.8, 4) is 11.6 Å². The second-order valence-corrected chi connectivity index (χ2v) is 6.44. The lowest BCUT2D eigenvalue weighted by Gasteiger charge is -2.04. The van der Waals surface area contributed by atoms with Gasteiger partial charge in [-0.25, -0.2) is 13.1 Å². The molecule has 23 heavy (non-hydrogen) atoms. The molecule has 0 saturated heterocycles. The second-order valence-electron chi connectivity index (χ2n) is 4.68. The summed E-state index contributed by atoms with van der Waals surface area (Å²) < 4.78 is 32.1. The normalized spacial score (nSPS) is 11.5. The fourth-order valence-electron chi connectivity index (χ4n) is 1.92. The Balaban J connectivity index is 1.61. The Morgan fingerprint density at radius 2 is 1.78 bits per heavy atom. The van der Waals surface area contributed by atoms with Crippen molar-refractivity contribution in [1.29, 1.82) is 0 Å². The Bertz CT molecular complexity index is 864. The molecule has 3 aromatic rings. The lowest BCUT2D eigenvalue weighted by Crippen LogP contribution is -2.26. The molecule has 0 aliphatic carbocycles. The Hall–Kier alpha value is -2.58. The summed E-state index contributed by atoms with van der Waals surface area (Å²) in [4.78, 5) is 4.34. The third-order valence-corrected chi connectivity index (χ3v) is 4.51. The van der Waals surface area contributed by atoms with Gasteiger partial charge in [-0.15, -0.1) is 10.2 Å². The number of hydrogen-bond donors (Lipinski definition) is 1. The molecule has 3 rings (SSSR count). The van der Waals surface area contributed by atoms with E-state index in [2.05, 4.69) is 19.9 Å². The van der Waals surface area contributed by atoms with Gasteiger partial charge in [0.05, 0.1) is 4.90 Å². The van der Waals surface area contributed by atoms with Crippen LogP contribution < -0.4 is 4.72 Å². The predicted octanol–water partition coefficient (Wildman–Crippen LogP) is 1.65. The number of benzene rings is 1. The number of aromatic nitrogens is 3. The van der Waals surface area contributed by atoms with Crippen LogP contribution in [0.2, 0.25) is 0 Å². The summed E-state index contributed by atoms with van der Waals surface area (Å²) >= 11 is 0. The smallest absolute Gasteiger partial charge is 0.266 e. The van der Waals surface area contributed by atoms with Crippen molar-refractivity contribution in [2.24, 2.45) is 0 Å². The Morgan fingerprint density at radius 3 is 2.52 bits per heavy atom. The Labute approximate surface area is 133 Å². The van der Waals surface area contributed by atoms with Gasteiger partial charge in [0, 0.05) is 19.2 Å². The number of rotatable bonds is 6. The highest BCUT2D eigenvalue weighted by Crippen LogP contribution is 2.14. The van der Waals surface area contributed by atoms with Gasteiger partial charge in [0.25, 0.3) is 5.89 Å². The third kappa shape index (κ3) is 3.79. The molecule has 8 heteroatoms. The summed E-state index contributed by atoms with van der Waals surface area (Å²) in [6.07, 6.45) is 1.93. The lowest BCUT2D eigenvalue weighted by atomic mass is 10.3. The maximum Gasteiger partial charge on any atom is 0.266 e. The van der Waals surface area contributed by atoms with Crippen LogP contribution in [0.1, 0.15) is 5.89 Å². The van der Waals surface area contributed by atoms with E-state index >= 15 is 0 Å². The average molecular weight is 330 g/mol. The first-order chi connectivity index (χ1) is 11.1. The van der Waals surface area contributed by atoms with Crippen molar-refractivity contribution >= 4 is 10.0 Å². The number of nitrogens with one attached hydrogen (secondary N) is 1. The molecule has 0 fully saturated rings. The minimum atomic E-state index is -3.53. The summed E-state index contributed by atoms with van der Waals surface area (Å²) in [7, 11) is -3.53. The van der Waals surface area contributed by atoms with Crippen LogP contribution in [0.25, 0.3) is 11.6 Å². The van der Waals surface area contributed by atoms with E-state index in [9.17, 15) is 8.42 Å². The average Bonchev–Trinajstić information content (AvgIpc) is 3.05. The first kappa shape index (κ1) is 15.3. The highest BCUT2D eigenvalue weighted by molar-refractivity contribution is 7.89. The zero-order valence-electron chi connectivity index (χ0n) is 12.1. The molecule has 0 atom stereocenters. The topological polar surface area (TPSA) is 98.0 Å². The molecule has 0 radical (unpaired) electrons. The van der Waals surface area contributed by atoms with E-state index in [-0.39, 0.29) is 11.4 Å². The predicted molar refractivity (Wildman–Crippen MR) is 82.9 cm³/mol. The molecule has 2 aromatic heterocycles. The van der Waals surface area contributed by atoms with E-state index in [0.29, 0.717) is 23.9 Å². The zero-order valence-corrected chi connectivity index (χ0v) is 12.9. The van der Waals surface area contributed by atoms with Gasteiger partial charge in [-0.05, 0) is 24.3 Å². The summed E-state index contributed by atoms with van der Waals surface area (Å²) in [5, 5.41) is 7.80. The third-order valence-electron chi connectivity index (χ3n) is 3.04. The molecule has 0 spiro atoms. The van der Waals surface area contributed by atoms with Crippen LogP contribution in [0.5, 0.6) is 0 Å². The minimum absolute atomic E-state index is 0.168. The van der Waals surface area contributed by atoms with Crippen LogP contribution in [0.15, 0.2) is 64.0 Å². The van der Waals surface area contributed by atoms with Crippen LogP contribution in [-0.2, 0) is 16.4 Å². The van der Waals surface area contributed by atoms with Gasteiger partial charge in [0.15, 0.2) is 0 Å². The molecule has 118 valence electrons. The number of pyridine rings is 1. The molecular formula is C15H14N4O3S. The maximum absolute atomic E-state index is 12.1. The van der Waals surface area contributed by atoms with Crippen molar-refractivity contribution in [2.75, 3.05) is 6.54 Å². The standard InChI is InChI=1S/C15H14N4O3S/c20-23(21,12-6-2-1-3-7-12)17-11-9-14-18-19-15(22-14)13-8-4-5-10-16-13/h1-8,10,17H,9,11H2. The van der Waals surface area contributed by atoms with Crippen LogP contribution in [0, 0.1) is 0 Å². The van der Waals surface area contributed by atoms with Gasteiger partial charge in [-0.2, -0.15) is 0 Å². The molecule has 7 nitrogen and oxygen atoms in total. The van der Waals surface area contributed by atoms with Crippen molar-refractivity contribution in [3.63, 3.8) is 0 Å². The largest absolute Gasteiger partial charge is 0.419 e. The van der Waals surface area contributed by atoms with Crippen molar-refractivity contribution in [2.45, 2.75) is 11.3 Å². The molecular weight excluding hydrogens is 316 g/mol. The van der Waals surface area contributed by atoms with E-state index in [1.54, 1.807) is 36.5 Å². The first-order valence-electron chi connectivity index (χ1n) is 6.94. The highest BCUT2D eigenvalue weighted by Gasteiger charge is 2.14. The molecule has 1 N–H and O–H groups in total. The highest BCUT2D eigenvalue weighted by atomic mass is 32.2. The number of sulfonamides is 1. The first-order valence-corrected chi connectivity index (χ1v) is 8.42. The van der Waals surface area contributed by atoms with E-state index in [1.165, 1.54) is 12.1 Å². The second kappa shape index (κ2) is 6.67. The summed E-state index contributed by atoms with van der Waals surface area (Å²) in [5.41, 5.74) is 0.580. The summed E-state index contributed by atoms with van der Waals surface area (Å²) in [6, 6.07) is 13.5.